The van der Waals surface area contributed by atoms with Gasteiger partial charge in [-0.1, -0.05) is 32.0 Å². The summed E-state index contributed by atoms with van der Waals surface area (Å²) in [6, 6.07) is 7.54. The van der Waals surface area contributed by atoms with Gasteiger partial charge < -0.3 is 4.74 Å². The van der Waals surface area contributed by atoms with Crippen LogP contribution in [0.1, 0.15) is 32.3 Å². The number of alkyl halides is 1. The summed E-state index contributed by atoms with van der Waals surface area (Å²) in [4.78, 5) is 0. The van der Waals surface area contributed by atoms with E-state index < -0.39 is 6.36 Å². The molecule has 0 fully saturated rings. The highest BCUT2D eigenvalue weighted by Gasteiger charge is 2.08. The molecule has 1 aromatic rings. The van der Waals surface area contributed by atoms with E-state index in [0.717, 1.165) is 5.56 Å². The van der Waals surface area contributed by atoms with Crippen molar-refractivity contribution in [1.29, 1.82) is 0 Å². The molecule has 1 nitrogen and oxygen atoms in total. The average Bonchev–Trinajstić information content (AvgIpc) is 2.03. The summed E-state index contributed by atoms with van der Waals surface area (Å²) in [5, 5.41) is 0. The SMILES string of the molecule is CC(F)Oc1ccccc1C(C)C. The molecule has 1 rings (SSSR count). The minimum Gasteiger partial charge on any atom is -0.460 e. The highest BCUT2D eigenvalue weighted by molar-refractivity contribution is 5.35. The molecular weight excluding hydrogens is 167 g/mol. The van der Waals surface area contributed by atoms with E-state index in [1.807, 2.05) is 18.2 Å². The van der Waals surface area contributed by atoms with Gasteiger partial charge in [0, 0.05) is 6.92 Å². The van der Waals surface area contributed by atoms with Gasteiger partial charge in [0.15, 0.2) is 0 Å². The molecule has 72 valence electrons. The molecule has 0 bridgehead atoms. The molecule has 0 amide bonds. The van der Waals surface area contributed by atoms with Crippen LogP contribution >= 0.6 is 0 Å². The van der Waals surface area contributed by atoms with Crippen LogP contribution in [0.5, 0.6) is 5.75 Å². The largest absolute Gasteiger partial charge is 0.460 e. The fraction of sp³-hybridized carbons (Fsp3) is 0.455. The number of benzene rings is 1. The Bertz CT molecular complexity index is 269. The molecular formula is C11H15FO. The van der Waals surface area contributed by atoms with Gasteiger partial charge in [0.05, 0.1) is 0 Å². The monoisotopic (exact) mass is 182 g/mol. The third kappa shape index (κ3) is 2.72. The highest BCUT2D eigenvalue weighted by atomic mass is 19.1. The molecule has 0 radical (unpaired) electrons. The number of rotatable bonds is 3. The van der Waals surface area contributed by atoms with E-state index in [4.69, 9.17) is 4.74 Å². The number of halogens is 1. The molecule has 0 spiro atoms. The minimum absolute atomic E-state index is 0.356. The second kappa shape index (κ2) is 4.26. The summed E-state index contributed by atoms with van der Waals surface area (Å²) in [6.07, 6.45) is -1.25. The lowest BCUT2D eigenvalue weighted by Crippen LogP contribution is -2.06. The zero-order chi connectivity index (χ0) is 9.84. The topological polar surface area (TPSA) is 9.23 Å². The van der Waals surface area contributed by atoms with Gasteiger partial charge in [-0.2, -0.15) is 0 Å². The van der Waals surface area contributed by atoms with Gasteiger partial charge in [-0.15, -0.1) is 0 Å². The van der Waals surface area contributed by atoms with Gasteiger partial charge in [-0.25, -0.2) is 4.39 Å². The average molecular weight is 182 g/mol. The molecule has 0 aromatic heterocycles. The molecule has 0 heterocycles. The minimum atomic E-state index is -1.25. The number of hydrogen-bond acceptors (Lipinski definition) is 1. The maximum Gasteiger partial charge on any atom is 0.235 e. The predicted octanol–water partition coefficient (Wildman–Crippen LogP) is 3.50. The van der Waals surface area contributed by atoms with Crippen molar-refractivity contribution in [2.45, 2.75) is 33.0 Å². The Labute approximate surface area is 78.5 Å². The fourth-order valence-electron chi connectivity index (χ4n) is 1.24. The van der Waals surface area contributed by atoms with Crippen LogP contribution in [0.3, 0.4) is 0 Å². The third-order valence-corrected chi connectivity index (χ3v) is 1.83. The number of ether oxygens (including phenoxy) is 1. The van der Waals surface area contributed by atoms with Crippen molar-refractivity contribution in [3.63, 3.8) is 0 Å². The van der Waals surface area contributed by atoms with E-state index in [0.29, 0.717) is 11.7 Å². The lowest BCUT2D eigenvalue weighted by molar-refractivity contribution is 0.0847. The van der Waals surface area contributed by atoms with Gasteiger partial charge in [0.1, 0.15) is 5.75 Å². The normalized spacial score (nSPS) is 13.0. The van der Waals surface area contributed by atoms with Gasteiger partial charge in [-0.05, 0) is 17.5 Å². The van der Waals surface area contributed by atoms with Crippen molar-refractivity contribution in [1.82, 2.24) is 0 Å². The van der Waals surface area contributed by atoms with E-state index in [2.05, 4.69) is 13.8 Å². The molecule has 13 heavy (non-hydrogen) atoms. The van der Waals surface area contributed by atoms with Gasteiger partial charge >= 0.3 is 0 Å². The molecule has 1 unspecified atom stereocenters. The fourth-order valence-corrected chi connectivity index (χ4v) is 1.24. The Morgan fingerprint density at radius 2 is 1.77 bits per heavy atom. The summed E-state index contributed by atoms with van der Waals surface area (Å²) in [6.45, 7) is 5.51. The predicted molar refractivity (Wildman–Crippen MR) is 51.7 cm³/mol. The summed E-state index contributed by atoms with van der Waals surface area (Å²) in [5.41, 5.74) is 1.05. The Kier molecular flexibility index (Phi) is 3.29. The smallest absolute Gasteiger partial charge is 0.235 e. The van der Waals surface area contributed by atoms with Crippen molar-refractivity contribution in [3.05, 3.63) is 29.8 Å². The third-order valence-electron chi connectivity index (χ3n) is 1.83. The number of para-hydroxylation sites is 1. The first-order chi connectivity index (χ1) is 6.11. The second-order valence-electron chi connectivity index (χ2n) is 3.35. The first-order valence-corrected chi connectivity index (χ1v) is 4.51. The lowest BCUT2D eigenvalue weighted by atomic mass is 10.0. The van der Waals surface area contributed by atoms with Crippen molar-refractivity contribution in [3.8, 4) is 5.75 Å². The molecule has 0 saturated heterocycles. The molecule has 0 aliphatic rings. The quantitative estimate of drug-likeness (QED) is 0.695. The molecule has 0 aliphatic heterocycles. The Hall–Kier alpha value is -1.05. The highest BCUT2D eigenvalue weighted by Crippen LogP contribution is 2.26. The van der Waals surface area contributed by atoms with E-state index in [1.54, 1.807) is 6.07 Å². The Balaban J connectivity index is 2.91. The maximum absolute atomic E-state index is 12.6. The van der Waals surface area contributed by atoms with Crippen molar-refractivity contribution >= 4 is 0 Å². The zero-order valence-electron chi connectivity index (χ0n) is 8.25. The molecule has 0 aliphatic carbocycles. The van der Waals surface area contributed by atoms with Crippen molar-refractivity contribution in [2.75, 3.05) is 0 Å². The van der Waals surface area contributed by atoms with Crippen LogP contribution in [0.25, 0.3) is 0 Å². The van der Waals surface area contributed by atoms with Crippen LogP contribution in [0.4, 0.5) is 4.39 Å². The van der Waals surface area contributed by atoms with Crippen LogP contribution in [0.2, 0.25) is 0 Å². The Morgan fingerprint density at radius 1 is 1.15 bits per heavy atom. The zero-order valence-corrected chi connectivity index (χ0v) is 8.25. The van der Waals surface area contributed by atoms with Crippen LogP contribution in [0.15, 0.2) is 24.3 Å². The van der Waals surface area contributed by atoms with E-state index in [9.17, 15) is 4.39 Å². The van der Waals surface area contributed by atoms with Gasteiger partial charge in [-0.3, -0.25) is 0 Å². The van der Waals surface area contributed by atoms with Crippen molar-refractivity contribution in [2.24, 2.45) is 0 Å². The van der Waals surface area contributed by atoms with E-state index in [1.165, 1.54) is 6.92 Å². The standard InChI is InChI=1S/C11H15FO/c1-8(2)10-6-4-5-7-11(10)13-9(3)12/h4-9H,1-3H3. The summed E-state index contributed by atoms with van der Waals surface area (Å²) >= 11 is 0. The maximum atomic E-state index is 12.6. The second-order valence-corrected chi connectivity index (χ2v) is 3.35. The number of hydrogen-bond donors (Lipinski definition) is 0. The van der Waals surface area contributed by atoms with Crippen LogP contribution in [-0.4, -0.2) is 6.36 Å². The molecule has 2 heteroatoms. The first kappa shape index (κ1) is 10.0. The van der Waals surface area contributed by atoms with Crippen LogP contribution < -0.4 is 4.74 Å². The van der Waals surface area contributed by atoms with Crippen molar-refractivity contribution < 1.29 is 9.13 Å². The van der Waals surface area contributed by atoms with Crippen LogP contribution in [-0.2, 0) is 0 Å². The summed E-state index contributed by atoms with van der Waals surface area (Å²) in [7, 11) is 0. The van der Waals surface area contributed by atoms with E-state index >= 15 is 0 Å². The summed E-state index contributed by atoms with van der Waals surface area (Å²) in [5.74, 6) is 1.00. The van der Waals surface area contributed by atoms with E-state index in [-0.39, 0.29) is 0 Å². The van der Waals surface area contributed by atoms with Gasteiger partial charge in [0.2, 0.25) is 6.36 Å². The Morgan fingerprint density at radius 3 is 2.31 bits per heavy atom. The molecule has 0 saturated carbocycles. The summed E-state index contributed by atoms with van der Waals surface area (Å²) < 4.78 is 17.6. The molecule has 1 aromatic carbocycles. The molecule has 0 N–H and O–H groups in total. The molecule has 1 atom stereocenters. The first-order valence-electron chi connectivity index (χ1n) is 4.51. The van der Waals surface area contributed by atoms with Gasteiger partial charge in [0.25, 0.3) is 0 Å². The lowest BCUT2D eigenvalue weighted by Gasteiger charge is -2.13. The van der Waals surface area contributed by atoms with Crippen LogP contribution in [0, 0.1) is 0 Å².